The largest absolute Gasteiger partial charge is 0.344 e. The fraction of sp³-hybridized carbons (Fsp3) is 0.750. The van der Waals surface area contributed by atoms with Crippen LogP contribution in [0.4, 0.5) is 0 Å². The number of rotatable bonds is 6. The van der Waals surface area contributed by atoms with Crippen molar-refractivity contribution in [2.45, 2.75) is 52.1 Å². The molecule has 0 rings (SSSR count). The monoisotopic (exact) mass is 210 g/mol. The summed E-state index contributed by atoms with van der Waals surface area (Å²) < 4.78 is 0. The van der Waals surface area contributed by atoms with Gasteiger partial charge < -0.3 is 10.6 Å². The number of carbonyl (C=O) groups excluding carboxylic acids is 1. The lowest BCUT2D eigenvalue weighted by atomic mass is 9.98. The Morgan fingerprint density at radius 1 is 1.53 bits per heavy atom. The van der Waals surface area contributed by atoms with Crippen LogP contribution in [0.1, 0.15) is 40.5 Å². The van der Waals surface area contributed by atoms with E-state index in [4.69, 9.17) is 6.42 Å². The van der Waals surface area contributed by atoms with Crippen molar-refractivity contribution >= 4 is 5.91 Å². The average molecular weight is 210 g/mol. The van der Waals surface area contributed by atoms with Crippen molar-refractivity contribution in [3.05, 3.63) is 0 Å². The Bertz CT molecular complexity index is 240. The van der Waals surface area contributed by atoms with E-state index >= 15 is 0 Å². The minimum Gasteiger partial charge on any atom is -0.344 e. The van der Waals surface area contributed by atoms with E-state index in [1.54, 1.807) is 0 Å². The molecule has 3 heteroatoms. The summed E-state index contributed by atoms with van der Waals surface area (Å²) in [7, 11) is 0. The van der Waals surface area contributed by atoms with Crippen molar-refractivity contribution in [3.63, 3.8) is 0 Å². The van der Waals surface area contributed by atoms with Gasteiger partial charge in [-0.15, -0.1) is 6.42 Å². The Hall–Kier alpha value is -1.01. The quantitative estimate of drug-likeness (QED) is 0.649. The molecule has 0 fully saturated rings. The van der Waals surface area contributed by atoms with Gasteiger partial charge in [-0.25, -0.2) is 0 Å². The van der Waals surface area contributed by atoms with E-state index in [2.05, 4.69) is 37.3 Å². The number of nitrogens with one attached hydrogen (secondary N) is 2. The second-order valence-corrected chi connectivity index (χ2v) is 4.42. The predicted molar refractivity (Wildman–Crippen MR) is 63.4 cm³/mol. The molecule has 15 heavy (non-hydrogen) atoms. The second kappa shape index (κ2) is 6.47. The van der Waals surface area contributed by atoms with Gasteiger partial charge >= 0.3 is 0 Å². The van der Waals surface area contributed by atoms with Crippen LogP contribution in [0, 0.1) is 12.3 Å². The number of hydrogen-bond donors (Lipinski definition) is 2. The van der Waals surface area contributed by atoms with E-state index in [9.17, 15) is 4.79 Å². The maximum Gasteiger partial charge on any atom is 0.237 e. The number of carbonyl (C=O) groups is 1. The maximum atomic E-state index is 11.5. The van der Waals surface area contributed by atoms with Crippen LogP contribution in [0.3, 0.4) is 0 Å². The first-order valence-corrected chi connectivity index (χ1v) is 5.42. The van der Waals surface area contributed by atoms with Crippen molar-refractivity contribution < 1.29 is 4.79 Å². The third-order valence-electron chi connectivity index (χ3n) is 2.24. The minimum atomic E-state index is -0.208. The van der Waals surface area contributed by atoms with E-state index in [0.29, 0.717) is 6.54 Å². The van der Waals surface area contributed by atoms with Gasteiger partial charge in [0.25, 0.3) is 0 Å². The Labute approximate surface area is 93.0 Å². The van der Waals surface area contributed by atoms with Crippen molar-refractivity contribution in [2.24, 2.45) is 0 Å². The van der Waals surface area contributed by atoms with Gasteiger partial charge in [0, 0.05) is 5.54 Å². The lowest BCUT2D eigenvalue weighted by molar-refractivity contribution is -0.123. The van der Waals surface area contributed by atoms with E-state index in [-0.39, 0.29) is 17.5 Å². The highest BCUT2D eigenvalue weighted by Gasteiger charge is 2.22. The van der Waals surface area contributed by atoms with Crippen molar-refractivity contribution in [1.82, 2.24) is 10.6 Å². The summed E-state index contributed by atoms with van der Waals surface area (Å²) >= 11 is 0. The van der Waals surface area contributed by atoms with E-state index < -0.39 is 0 Å². The van der Waals surface area contributed by atoms with Crippen LogP contribution >= 0.6 is 0 Å². The minimum absolute atomic E-state index is 0.0123. The highest BCUT2D eigenvalue weighted by molar-refractivity contribution is 5.81. The fourth-order valence-corrected chi connectivity index (χ4v) is 1.64. The smallest absolute Gasteiger partial charge is 0.237 e. The summed E-state index contributed by atoms with van der Waals surface area (Å²) in [6, 6.07) is -0.208. The molecule has 0 heterocycles. The van der Waals surface area contributed by atoms with Gasteiger partial charge in [0.15, 0.2) is 0 Å². The van der Waals surface area contributed by atoms with Crippen LogP contribution in [0.25, 0.3) is 0 Å². The van der Waals surface area contributed by atoms with Gasteiger partial charge in [-0.3, -0.25) is 4.79 Å². The second-order valence-electron chi connectivity index (χ2n) is 4.42. The molecular formula is C12H22N2O. The summed E-state index contributed by atoms with van der Waals surface area (Å²) in [6.45, 7) is 8.47. The molecule has 0 aliphatic rings. The molecule has 0 saturated heterocycles. The van der Waals surface area contributed by atoms with Gasteiger partial charge in [-0.05, 0) is 27.2 Å². The van der Waals surface area contributed by atoms with Crippen LogP contribution in [0.5, 0.6) is 0 Å². The fourth-order valence-electron chi connectivity index (χ4n) is 1.64. The summed E-state index contributed by atoms with van der Waals surface area (Å²) in [5.74, 6) is 2.34. The van der Waals surface area contributed by atoms with Gasteiger partial charge in [0.2, 0.25) is 5.91 Å². The molecule has 1 atom stereocenters. The maximum absolute atomic E-state index is 11.5. The Balaban J connectivity index is 4.06. The third kappa shape index (κ3) is 6.14. The van der Waals surface area contributed by atoms with E-state index in [1.165, 1.54) is 0 Å². The van der Waals surface area contributed by atoms with Gasteiger partial charge in [-0.2, -0.15) is 0 Å². The molecule has 0 spiro atoms. The highest BCUT2D eigenvalue weighted by atomic mass is 16.2. The van der Waals surface area contributed by atoms with Crippen LogP contribution in [-0.4, -0.2) is 24.0 Å². The van der Waals surface area contributed by atoms with E-state index in [0.717, 1.165) is 12.8 Å². The molecule has 0 bridgehead atoms. The normalized spacial score (nSPS) is 13.0. The van der Waals surface area contributed by atoms with Crippen LogP contribution in [-0.2, 0) is 4.79 Å². The first kappa shape index (κ1) is 14.0. The average Bonchev–Trinajstić information content (AvgIpc) is 2.13. The Morgan fingerprint density at radius 2 is 2.13 bits per heavy atom. The molecule has 0 aromatic heterocycles. The lowest BCUT2D eigenvalue weighted by Crippen LogP contribution is -2.51. The molecule has 0 aliphatic carbocycles. The number of terminal acetylenes is 1. The van der Waals surface area contributed by atoms with Gasteiger partial charge in [-0.1, -0.05) is 19.3 Å². The first-order chi connectivity index (χ1) is 6.93. The molecule has 0 aromatic carbocycles. The standard InChI is InChI=1S/C12H22N2O/c1-6-8-12(4,5)14-10(3)11(15)13-9-7-2/h2,10,14H,6,8-9H2,1,3-5H3,(H,13,15). The molecule has 0 radical (unpaired) electrons. The predicted octanol–water partition coefficient (Wildman–Crippen LogP) is 1.29. The van der Waals surface area contributed by atoms with Crippen molar-refractivity contribution in [1.29, 1.82) is 0 Å². The highest BCUT2D eigenvalue weighted by Crippen LogP contribution is 2.11. The Morgan fingerprint density at radius 3 is 2.60 bits per heavy atom. The zero-order valence-electron chi connectivity index (χ0n) is 10.2. The van der Waals surface area contributed by atoms with E-state index in [1.807, 2.05) is 6.92 Å². The first-order valence-electron chi connectivity index (χ1n) is 5.42. The summed E-state index contributed by atoms with van der Waals surface area (Å²) in [6.07, 6.45) is 7.20. The molecule has 1 amide bonds. The molecule has 86 valence electrons. The van der Waals surface area contributed by atoms with Gasteiger partial charge in [0.05, 0.1) is 12.6 Å². The van der Waals surface area contributed by atoms with Crippen LogP contribution in [0.15, 0.2) is 0 Å². The molecule has 0 aromatic rings. The van der Waals surface area contributed by atoms with Crippen LogP contribution in [0.2, 0.25) is 0 Å². The Kier molecular flexibility index (Phi) is 6.03. The van der Waals surface area contributed by atoms with Crippen molar-refractivity contribution in [2.75, 3.05) is 6.54 Å². The summed E-state index contributed by atoms with van der Waals surface area (Å²) in [5, 5.41) is 5.94. The molecule has 0 aliphatic heterocycles. The zero-order chi connectivity index (χ0) is 11.9. The molecule has 2 N–H and O–H groups in total. The molecule has 3 nitrogen and oxygen atoms in total. The van der Waals surface area contributed by atoms with Crippen LogP contribution < -0.4 is 10.6 Å². The lowest BCUT2D eigenvalue weighted by Gasteiger charge is -2.29. The number of amides is 1. The summed E-state index contributed by atoms with van der Waals surface area (Å²) in [5.41, 5.74) is -0.0123. The summed E-state index contributed by atoms with van der Waals surface area (Å²) in [4.78, 5) is 11.5. The van der Waals surface area contributed by atoms with Gasteiger partial charge in [0.1, 0.15) is 0 Å². The molecular weight excluding hydrogens is 188 g/mol. The SMILES string of the molecule is C#CCNC(=O)C(C)NC(C)(C)CCC. The topological polar surface area (TPSA) is 41.1 Å². The number of hydrogen-bond acceptors (Lipinski definition) is 2. The molecule has 0 saturated carbocycles. The van der Waals surface area contributed by atoms with Crippen molar-refractivity contribution in [3.8, 4) is 12.3 Å². The zero-order valence-corrected chi connectivity index (χ0v) is 10.2. The molecule has 1 unspecified atom stereocenters. The third-order valence-corrected chi connectivity index (χ3v) is 2.24.